The van der Waals surface area contributed by atoms with Crippen molar-refractivity contribution < 1.29 is 0 Å². The molecule has 1 aliphatic heterocycles. The molecular formula is C14H21BrN2. The number of nitrogens with zero attached hydrogens (tertiary/aromatic N) is 1. The molecule has 0 aromatic heterocycles. The number of rotatable bonds is 4. The van der Waals surface area contributed by atoms with Crippen molar-refractivity contribution >= 4 is 21.6 Å². The van der Waals surface area contributed by atoms with E-state index >= 15 is 0 Å². The van der Waals surface area contributed by atoms with Gasteiger partial charge in [-0.3, -0.25) is 0 Å². The van der Waals surface area contributed by atoms with Gasteiger partial charge in [0.1, 0.15) is 0 Å². The van der Waals surface area contributed by atoms with Crippen LogP contribution in [0.15, 0.2) is 22.7 Å². The molecule has 0 saturated carbocycles. The van der Waals surface area contributed by atoms with Crippen LogP contribution in [0, 0.1) is 5.92 Å². The molecule has 1 aromatic carbocycles. The maximum atomic E-state index is 5.59. The van der Waals surface area contributed by atoms with E-state index < -0.39 is 0 Å². The molecule has 1 saturated heterocycles. The van der Waals surface area contributed by atoms with Crippen LogP contribution in [0.4, 0.5) is 5.69 Å². The molecular weight excluding hydrogens is 276 g/mol. The van der Waals surface area contributed by atoms with E-state index in [1.807, 2.05) is 0 Å². The predicted molar refractivity (Wildman–Crippen MR) is 77.5 cm³/mol. The Balaban J connectivity index is 2.09. The van der Waals surface area contributed by atoms with Crippen LogP contribution in [0.1, 0.15) is 25.3 Å². The highest BCUT2D eigenvalue weighted by molar-refractivity contribution is 9.10. The Labute approximate surface area is 112 Å². The van der Waals surface area contributed by atoms with Gasteiger partial charge in [0.05, 0.1) is 0 Å². The van der Waals surface area contributed by atoms with Gasteiger partial charge in [0, 0.05) is 23.2 Å². The second kappa shape index (κ2) is 5.87. The Morgan fingerprint density at radius 3 is 2.88 bits per heavy atom. The molecule has 0 spiro atoms. The molecule has 2 N–H and O–H groups in total. The number of halogens is 1. The lowest BCUT2D eigenvalue weighted by atomic mass is 10.1. The van der Waals surface area contributed by atoms with Crippen LogP contribution in [0.3, 0.4) is 0 Å². The first-order valence-corrected chi connectivity index (χ1v) is 7.27. The Morgan fingerprint density at radius 1 is 1.47 bits per heavy atom. The van der Waals surface area contributed by atoms with Crippen molar-refractivity contribution in [1.29, 1.82) is 0 Å². The molecule has 1 heterocycles. The molecule has 2 nitrogen and oxygen atoms in total. The van der Waals surface area contributed by atoms with Crippen molar-refractivity contribution in [3.05, 3.63) is 28.2 Å². The highest BCUT2D eigenvalue weighted by Gasteiger charge is 2.21. The summed E-state index contributed by atoms with van der Waals surface area (Å²) in [5.74, 6) is 0.873. The van der Waals surface area contributed by atoms with Crippen LogP contribution in [-0.2, 0) is 6.42 Å². The molecule has 1 fully saturated rings. The van der Waals surface area contributed by atoms with Crippen LogP contribution in [-0.4, -0.2) is 19.6 Å². The molecule has 0 aliphatic carbocycles. The second-order valence-corrected chi connectivity index (χ2v) is 5.68. The van der Waals surface area contributed by atoms with E-state index in [2.05, 4.69) is 46.0 Å². The Hall–Kier alpha value is -0.540. The standard InChI is InChI=1S/C14H21BrN2/c1-2-11-6-8-17(10-11)13-4-3-12(5-7-16)14(15)9-13/h3-4,9,11H,2,5-8,10,16H2,1H3. The van der Waals surface area contributed by atoms with Gasteiger partial charge in [0.25, 0.3) is 0 Å². The summed E-state index contributed by atoms with van der Waals surface area (Å²) in [6, 6.07) is 6.67. The van der Waals surface area contributed by atoms with E-state index in [9.17, 15) is 0 Å². The zero-order valence-electron chi connectivity index (χ0n) is 10.5. The molecule has 1 aromatic rings. The smallest absolute Gasteiger partial charge is 0.0377 e. The molecule has 17 heavy (non-hydrogen) atoms. The fourth-order valence-corrected chi connectivity index (χ4v) is 3.06. The van der Waals surface area contributed by atoms with Crippen molar-refractivity contribution in [2.24, 2.45) is 11.7 Å². The van der Waals surface area contributed by atoms with Crippen molar-refractivity contribution in [3.8, 4) is 0 Å². The van der Waals surface area contributed by atoms with Gasteiger partial charge in [-0.15, -0.1) is 0 Å². The van der Waals surface area contributed by atoms with E-state index in [0.717, 1.165) is 12.3 Å². The minimum absolute atomic E-state index is 0.708. The summed E-state index contributed by atoms with van der Waals surface area (Å²) in [6.45, 7) is 5.40. The molecule has 0 radical (unpaired) electrons. The SMILES string of the molecule is CCC1CCN(c2ccc(CCN)c(Br)c2)C1. The summed E-state index contributed by atoms with van der Waals surface area (Å²) in [4.78, 5) is 2.49. The Bertz CT molecular complexity index is 378. The van der Waals surface area contributed by atoms with Crippen LogP contribution >= 0.6 is 15.9 Å². The number of hydrogen-bond acceptors (Lipinski definition) is 2. The lowest BCUT2D eigenvalue weighted by Crippen LogP contribution is -2.19. The number of hydrogen-bond donors (Lipinski definition) is 1. The minimum atomic E-state index is 0.708. The lowest BCUT2D eigenvalue weighted by Gasteiger charge is -2.19. The van der Waals surface area contributed by atoms with Crippen LogP contribution in [0.25, 0.3) is 0 Å². The van der Waals surface area contributed by atoms with Gasteiger partial charge in [-0.05, 0) is 43.0 Å². The average Bonchev–Trinajstić information content (AvgIpc) is 2.80. The van der Waals surface area contributed by atoms with E-state index in [1.54, 1.807) is 0 Å². The third-order valence-corrected chi connectivity index (χ3v) is 4.42. The van der Waals surface area contributed by atoms with Crippen molar-refractivity contribution in [1.82, 2.24) is 0 Å². The van der Waals surface area contributed by atoms with Crippen molar-refractivity contribution in [2.75, 3.05) is 24.5 Å². The molecule has 1 unspecified atom stereocenters. The monoisotopic (exact) mass is 296 g/mol. The summed E-state index contributed by atoms with van der Waals surface area (Å²) < 4.78 is 1.19. The van der Waals surface area contributed by atoms with E-state index in [0.29, 0.717) is 6.54 Å². The number of nitrogens with two attached hydrogens (primary N) is 1. The molecule has 3 heteroatoms. The van der Waals surface area contributed by atoms with Gasteiger partial charge >= 0.3 is 0 Å². The zero-order chi connectivity index (χ0) is 12.3. The van der Waals surface area contributed by atoms with Gasteiger partial charge in [0.2, 0.25) is 0 Å². The second-order valence-electron chi connectivity index (χ2n) is 4.82. The summed E-state index contributed by atoms with van der Waals surface area (Å²) in [5.41, 5.74) is 8.24. The highest BCUT2D eigenvalue weighted by Crippen LogP contribution is 2.29. The molecule has 94 valence electrons. The van der Waals surface area contributed by atoms with E-state index in [4.69, 9.17) is 5.73 Å². The van der Waals surface area contributed by atoms with E-state index in [1.165, 1.54) is 41.7 Å². The molecule has 0 amide bonds. The van der Waals surface area contributed by atoms with Gasteiger partial charge in [-0.25, -0.2) is 0 Å². The maximum Gasteiger partial charge on any atom is 0.0377 e. The summed E-state index contributed by atoms with van der Waals surface area (Å²) in [6.07, 6.45) is 3.57. The van der Waals surface area contributed by atoms with Crippen LogP contribution < -0.4 is 10.6 Å². The lowest BCUT2D eigenvalue weighted by molar-refractivity contribution is 0.569. The fraction of sp³-hybridized carbons (Fsp3) is 0.571. The van der Waals surface area contributed by atoms with Crippen molar-refractivity contribution in [2.45, 2.75) is 26.2 Å². The highest BCUT2D eigenvalue weighted by atomic mass is 79.9. The van der Waals surface area contributed by atoms with Crippen LogP contribution in [0.2, 0.25) is 0 Å². The first kappa shape index (κ1) is 12.9. The van der Waals surface area contributed by atoms with Crippen LogP contribution in [0.5, 0.6) is 0 Å². The molecule has 2 rings (SSSR count). The largest absolute Gasteiger partial charge is 0.371 e. The number of anilines is 1. The summed E-state index contributed by atoms with van der Waals surface area (Å²) in [7, 11) is 0. The summed E-state index contributed by atoms with van der Waals surface area (Å²) >= 11 is 3.65. The van der Waals surface area contributed by atoms with Crippen molar-refractivity contribution in [3.63, 3.8) is 0 Å². The van der Waals surface area contributed by atoms with Gasteiger partial charge < -0.3 is 10.6 Å². The Kier molecular flexibility index (Phi) is 4.46. The van der Waals surface area contributed by atoms with E-state index in [-0.39, 0.29) is 0 Å². The molecule has 1 aliphatic rings. The topological polar surface area (TPSA) is 29.3 Å². The zero-order valence-corrected chi connectivity index (χ0v) is 12.0. The quantitative estimate of drug-likeness (QED) is 0.925. The maximum absolute atomic E-state index is 5.59. The predicted octanol–water partition coefficient (Wildman–Crippen LogP) is 3.19. The Morgan fingerprint density at radius 2 is 2.29 bits per heavy atom. The first-order valence-electron chi connectivity index (χ1n) is 6.48. The average molecular weight is 297 g/mol. The van der Waals surface area contributed by atoms with Gasteiger partial charge in [-0.1, -0.05) is 35.3 Å². The third kappa shape index (κ3) is 3.02. The number of benzene rings is 1. The minimum Gasteiger partial charge on any atom is -0.371 e. The third-order valence-electron chi connectivity index (χ3n) is 3.68. The molecule has 0 bridgehead atoms. The van der Waals surface area contributed by atoms with Gasteiger partial charge in [0.15, 0.2) is 0 Å². The van der Waals surface area contributed by atoms with Gasteiger partial charge in [-0.2, -0.15) is 0 Å². The molecule has 1 atom stereocenters. The summed E-state index contributed by atoms with van der Waals surface area (Å²) in [5, 5.41) is 0. The normalized spacial score (nSPS) is 19.9. The first-order chi connectivity index (χ1) is 8.24. The fourth-order valence-electron chi connectivity index (χ4n) is 2.49.